The van der Waals surface area contributed by atoms with E-state index in [0.29, 0.717) is 5.56 Å². The molecule has 0 saturated heterocycles. The summed E-state index contributed by atoms with van der Waals surface area (Å²) in [6.45, 7) is -0.0578. The minimum absolute atomic E-state index is 0.0578. The minimum Gasteiger partial charge on any atom is -0.550 e. The van der Waals surface area contributed by atoms with Crippen molar-refractivity contribution >= 4 is 18.0 Å². The maximum atomic E-state index is 11.3. The lowest BCUT2D eigenvalue weighted by atomic mass is 10.2. The number of carboxylic acids is 2. The third-order valence-corrected chi connectivity index (χ3v) is 2.16. The van der Waals surface area contributed by atoms with E-state index in [4.69, 9.17) is 4.74 Å². The van der Waals surface area contributed by atoms with Gasteiger partial charge in [0.25, 0.3) is 0 Å². The number of carboxylic acid groups (broad SMARTS) is 2. The van der Waals surface area contributed by atoms with Crippen molar-refractivity contribution in [3.63, 3.8) is 0 Å². The van der Waals surface area contributed by atoms with Gasteiger partial charge < -0.3 is 29.9 Å². The van der Waals surface area contributed by atoms with E-state index in [1.807, 2.05) is 5.32 Å². The van der Waals surface area contributed by atoms with Gasteiger partial charge in [-0.25, -0.2) is 4.79 Å². The van der Waals surface area contributed by atoms with Crippen LogP contribution in [-0.2, 0) is 20.9 Å². The van der Waals surface area contributed by atoms with Gasteiger partial charge in [-0.1, -0.05) is 30.3 Å². The van der Waals surface area contributed by atoms with Crippen molar-refractivity contribution in [3.05, 3.63) is 35.9 Å². The van der Waals surface area contributed by atoms with Crippen molar-refractivity contribution < 1.29 is 29.3 Å². The number of ether oxygens (including phenoxy) is 1. The zero-order valence-corrected chi connectivity index (χ0v) is 9.83. The van der Waals surface area contributed by atoms with E-state index in [-0.39, 0.29) is 6.61 Å². The van der Waals surface area contributed by atoms with Crippen LogP contribution in [0.2, 0.25) is 0 Å². The van der Waals surface area contributed by atoms with E-state index in [9.17, 15) is 24.6 Å². The maximum absolute atomic E-state index is 11.3. The topological polar surface area (TPSA) is 119 Å². The number of amides is 1. The van der Waals surface area contributed by atoms with Crippen LogP contribution >= 0.6 is 0 Å². The predicted molar refractivity (Wildman–Crippen MR) is 58.2 cm³/mol. The molecule has 0 aromatic heterocycles. The third kappa shape index (κ3) is 5.53. The summed E-state index contributed by atoms with van der Waals surface area (Å²) >= 11 is 0. The second kappa shape index (κ2) is 7.00. The molecule has 7 nitrogen and oxygen atoms in total. The molecule has 7 heteroatoms. The van der Waals surface area contributed by atoms with Gasteiger partial charge in [-0.3, -0.25) is 0 Å². The molecular weight excluding hydrogens is 254 g/mol. The van der Waals surface area contributed by atoms with E-state index in [1.165, 1.54) is 0 Å². The Morgan fingerprint density at radius 1 is 1.16 bits per heavy atom. The number of hydrogen-bond acceptors (Lipinski definition) is 6. The van der Waals surface area contributed by atoms with E-state index >= 15 is 0 Å². The standard InChI is InChI=1S/C12H13NO6/c14-10(15)6-9(11(16)17)13-12(18)19-7-8-4-2-1-3-5-8/h1-5,9H,6-7H2,(H,13,18)(H,14,15)(H,16,17)/p-2/t9-/m0/s1. The molecule has 1 N–H and O–H groups in total. The monoisotopic (exact) mass is 265 g/mol. The Labute approximate surface area is 108 Å². The van der Waals surface area contributed by atoms with Crippen LogP contribution in [0.1, 0.15) is 12.0 Å². The fraction of sp³-hybridized carbons (Fsp3) is 0.250. The molecule has 1 aromatic carbocycles. The Kier molecular flexibility index (Phi) is 5.34. The van der Waals surface area contributed by atoms with Crippen LogP contribution in [0.5, 0.6) is 0 Å². The van der Waals surface area contributed by atoms with Crippen molar-refractivity contribution in [3.8, 4) is 0 Å². The van der Waals surface area contributed by atoms with Crippen LogP contribution in [0.3, 0.4) is 0 Å². The van der Waals surface area contributed by atoms with Crippen LogP contribution in [0.15, 0.2) is 30.3 Å². The van der Waals surface area contributed by atoms with Gasteiger partial charge in [-0.05, 0) is 5.56 Å². The molecule has 0 aliphatic rings. The summed E-state index contributed by atoms with van der Waals surface area (Å²) in [4.78, 5) is 32.1. The number of carbonyl (C=O) groups is 3. The highest BCUT2D eigenvalue weighted by Crippen LogP contribution is 2.01. The second-order valence-electron chi connectivity index (χ2n) is 3.65. The first-order chi connectivity index (χ1) is 8.99. The Balaban J connectivity index is 2.45. The van der Waals surface area contributed by atoms with Crippen LogP contribution in [0.25, 0.3) is 0 Å². The molecule has 0 radical (unpaired) electrons. The fourth-order valence-corrected chi connectivity index (χ4v) is 1.27. The SMILES string of the molecule is O=C([O-])C[C@H](NC(=O)OCc1ccccc1)C(=O)[O-]. The summed E-state index contributed by atoms with van der Waals surface area (Å²) in [6.07, 6.45) is -1.93. The predicted octanol–water partition coefficient (Wildman–Crippen LogP) is -1.83. The summed E-state index contributed by atoms with van der Waals surface area (Å²) in [5.41, 5.74) is 0.711. The minimum atomic E-state index is -1.72. The molecule has 1 aromatic rings. The Bertz CT molecular complexity index is 459. The van der Waals surface area contributed by atoms with Gasteiger partial charge in [0.05, 0.1) is 12.0 Å². The Hall–Kier alpha value is -2.57. The van der Waals surface area contributed by atoms with Crippen molar-refractivity contribution in [1.82, 2.24) is 5.32 Å². The first-order valence-electron chi connectivity index (χ1n) is 5.37. The Morgan fingerprint density at radius 2 is 1.79 bits per heavy atom. The third-order valence-electron chi connectivity index (χ3n) is 2.16. The molecular formula is C12H11NO6-2. The number of benzene rings is 1. The molecule has 0 unspecified atom stereocenters. The van der Waals surface area contributed by atoms with Gasteiger partial charge in [0.1, 0.15) is 6.61 Å². The van der Waals surface area contributed by atoms with Crippen LogP contribution in [-0.4, -0.2) is 24.1 Å². The molecule has 0 saturated carbocycles. The molecule has 0 bridgehead atoms. The molecule has 0 spiro atoms. The number of carbonyl (C=O) groups excluding carboxylic acids is 3. The molecule has 19 heavy (non-hydrogen) atoms. The van der Waals surface area contributed by atoms with Crippen molar-refractivity contribution in [2.45, 2.75) is 19.1 Å². The van der Waals surface area contributed by atoms with Gasteiger partial charge in [0, 0.05) is 12.4 Å². The van der Waals surface area contributed by atoms with E-state index in [2.05, 4.69) is 0 Å². The van der Waals surface area contributed by atoms with E-state index in [0.717, 1.165) is 0 Å². The smallest absolute Gasteiger partial charge is 0.408 e. The van der Waals surface area contributed by atoms with E-state index < -0.39 is 30.5 Å². The maximum Gasteiger partial charge on any atom is 0.408 e. The number of hydrogen-bond donors (Lipinski definition) is 1. The molecule has 1 atom stereocenters. The van der Waals surface area contributed by atoms with Gasteiger partial charge >= 0.3 is 6.09 Å². The highest BCUT2D eigenvalue weighted by atomic mass is 16.5. The fourth-order valence-electron chi connectivity index (χ4n) is 1.27. The quantitative estimate of drug-likeness (QED) is 0.646. The summed E-state index contributed by atoms with van der Waals surface area (Å²) in [5.74, 6) is -3.33. The lowest BCUT2D eigenvalue weighted by Crippen LogP contribution is -2.50. The normalized spacial score (nSPS) is 11.4. The summed E-state index contributed by atoms with van der Waals surface area (Å²) in [5, 5.41) is 22.7. The average molecular weight is 265 g/mol. The van der Waals surface area contributed by atoms with Crippen LogP contribution in [0.4, 0.5) is 4.79 Å². The van der Waals surface area contributed by atoms with Crippen molar-refractivity contribution in [2.75, 3.05) is 0 Å². The number of aliphatic carboxylic acids is 2. The zero-order valence-electron chi connectivity index (χ0n) is 9.83. The molecule has 1 amide bonds. The first-order valence-corrected chi connectivity index (χ1v) is 5.37. The van der Waals surface area contributed by atoms with Gasteiger partial charge in [0.2, 0.25) is 0 Å². The van der Waals surface area contributed by atoms with Crippen LogP contribution in [0, 0.1) is 0 Å². The Morgan fingerprint density at radius 3 is 2.32 bits per heavy atom. The summed E-state index contributed by atoms with van der Waals surface area (Å²) in [6, 6.07) is 7.02. The van der Waals surface area contributed by atoms with Crippen molar-refractivity contribution in [2.24, 2.45) is 0 Å². The summed E-state index contributed by atoms with van der Waals surface area (Å²) in [7, 11) is 0. The highest BCUT2D eigenvalue weighted by molar-refractivity contribution is 5.82. The van der Waals surface area contributed by atoms with Crippen LogP contribution < -0.4 is 15.5 Å². The average Bonchev–Trinajstić information content (AvgIpc) is 2.36. The van der Waals surface area contributed by atoms with E-state index in [1.54, 1.807) is 30.3 Å². The lowest BCUT2D eigenvalue weighted by Gasteiger charge is -2.19. The molecule has 0 aliphatic carbocycles. The lowest BCUT2D eigenvalue weighted by molar-refractivity contribution is -0.317. The number of alkyl carbamates (subject to hydrolysis) is 1. The number of nitrogens with one attached hydrogen (secondary N) is 1. The molecule has 0 heterocycles. The van der Waals surface area contributed by atoms with Gasteiger partial charge in [-0.15, -0.1) is 0 Å². The van der Waals surface area contributed by atoms with Gasteiger partial charge in [0.15, 0.2) is 0 Å². The molecule has 102 valence electrons. The van der Waals surface area contributed by atoms with Crippen molar-refractivity contribution in [1.29, 1.82) is 0 Å². The first kappa shape index (κ1) is 14.5. The van der Waals surface area contributed by atoms with Gasteiger partial charge in [-0.2, -0.15) is 0 Å². The highest BCUT2D eigenvalue weighted by Gasteiger charge is 2.14. The largest absolute Gasteiger partial charge is 0.550 e. The second-order valence-corrected chi connectivity index (χ2v) is 3.65. The molecule has 1 rings (SSSR count). The number of rotatable bonds is 6. The zero-order chi connectivity index (χ0) is 14.3. The molecule has 0 fully saturated rings. The summed E-state index contributed by atoms with van der Waals surface area (Å²) < 4.78 is 4.74. The molecule has 0 aliphatic heterocycles.